The molecule has 6 nitrogen and oxygen atoms in total. The molecule has 0 spiro atoms. The lowest BCUT2D eigenvalue weighted by Crippen LogP contribution is -2.21. The van der Waals surface area contributed by atoms with Crippen LogP contribution in [-0.2, 0) is 0 Å². The third-order valence-corrected chi connectivity index (χ3v) is 3.64. The van der Waals surface area contributed by atoms with E-state index in [9.17, 15) is 0 Å². The fourth-order valence-electron chi connectivity index (χ4n) is 2.16. The van der Waals surface area contributed by atoms with Gasteiger partial charge in [-0.1, -0.05) is 19.8 Å². The Morgan fingerprint density at radius 1 is 1.40 bits per heavy atom. The molecule has 106 valence electrons. The van der Waals surface area contributed by atoms with Gasteiger partial charge in [-0.3, -0.25) is 4.57 Å². The third kappa shape index (κ3) is 3.25. The van der Waals surface area contributed by atoms with Crippen LogP contribution in [0.25, 0.3) is 5.95 Å². The van der Waals surface area contributed by atoms with Gasteiger partial charge in [-0.25, -0.2) is 4.98 Å². The van der Waals surface area contributed by atoms with E-state index in [1.807, 2.05) is 0 Å². The van der Waals surface area contributed by atoms with Crippen molar-refractivity contribution in [3.63, 3.8) is 0 Å². The third-order valence-electron chi connectivity index (χ3n) is 3.47. The number of aromatic nitrogens is 5. The molecule has 1 saturated carbocycles. The van der Waals surface area contributed by atoms with Gasteiger partial charge >= 0.3 is 0 Å². The van der Waals surface area contributed by atoms with Crippen molar-refractivity contribution in [2.75, 3.05) is 5.32 Å². The van der Waals surface area contributed by atoms with Crippen LogP contribution in [-0.4, -0.2) is 30.5 Å². The summed E-state index contributed by atoms with van der Waals surface area (Å²) < 4.78 is 1.71. The van der Waals surface area contributed by atoms with Gasteiger partial charge in [0.25, 0.3) is 0 Å². The lowest BCUT2D eigenvalue weighted by Gasteiger charge is -2.16. The summed E-state index contributed by atoms with van der Waals surface area (Å²) >= 11 is 5.98. The number of imidazole rings is 1. The summed E-state index contributed by atoms with van der Waals surface area (Å²) in [5.74, 6) is 1.87. The van der Waals surface area contributed by atoms with E-state index in [1.54, 1.807) is 23.3 Å². The molecule has 0 aromatic carbocycles. The van der Waals surface area contributed by atoms with Crippen LogP contribution in [0, 0.1) is 5.92 Å². The zero-order valence-corrected chi connectivity index (χ0v) is 12.1. The molecule has 0 amide bonds. The van der Waals surface area contributed by atoms with Gasteiger partial charge in [-0.15, -0.1) is 0 Å². The Balaban J connectivity index is 1.78. The molecule has 0 aliphatic heterocycles. The van der Waals surface area contributed by atoms with Crippen LogP contribution in [0.2, 0.25) is 5.28 Å². The highest BCUT2D eigenvalue weighted by atomic mass is 35.5. The van der Waals surface area contributed by atoms with E-state index in [-0.39, 0.29) is 5.28 Å². The maximum absolute atomic E-state index is 5.98. The molecular weight excluding hydrogens is 276 g/mol. The van der Waals surface area contributed by atoms with Gasteiger partial charge in [0, 0.05) is 18.4 Å². The summed E-state index contributed by atoms with van der Waals surface area (Å²) in [4.78, 5) is 16.6. The van der Waals surface area contributed by atoms with E-state index in [4.69, 9.17) is 11.6 Å². The molecule has 0 saturated heterocycles. The fourth-order valence-corrected chi connectivity index (χ4v) is 2.32. The first-order valence-electron chi connectivity index (χ1n) is 6.91. The maximum Gasteiger partial charge on any atom is 0.241 e. The quantitative estimate of drug-likeness (QED) is 0.886. The van der Waals surface area contributed by atoms with Crippen molar-refractivity contribution in [3.05, 3.63) is 24.0 Å². The SMILES string of the molecule is CCC(CC1CC1)Nc1nc(Cl)nc(-n2ccnc2)n1. The first-order chi connectivity index (χ1) is 9.74. The van der Waals surface area contributed by atoms with Gasteiger partial charge in [0.2, 0.25) is 17.2 Å². The molecule has 1 atom stereocenters. The Labute approximate surface area is 122 Å². The minimum absolute atomic E-state index is 0.187. The first kappa shape index (κ1) is 13.3. The highest BCUT2D eigenvalue weighted by Crippen LogP contribution is 2.34. The van der Waals surface area contributed by atoms with E-state index >= 15 is 0 Å². The fraction of sp³-hybridized carbons (Fsp3) is 0.538. The molecule has 7 heteroatoms. The molecule has 1 unspecified atom stereocenters. The molecular formula is C13H17ClN6. The van der Waals surface area contributed by atoms with Crippen molar-refractivity contribution >= 4 is 17.5 Å². The van der Waals surface area contributed by atoms with Crippen LogP contribution < -0.4 is 5.32 Å². The van der Waals surface area contributed by atoms with Crippen LogP contribution in [0.4, 0.5) is 5.95 Å². The van der Waals surface area contributed by atoms with Gasteiger partial charge in [-0.05, 0) is 30.4 Å². The molecule has 1 aliphatic rings. The van der Waals surface area contributed by atoms with Crippen molar-refractivity contribution in [1.29, 1.82) is 0 Å². The number of hydrogen-bond acceptors (Lipinski definition) is 5. The van der Waals surface area contributed by atoms with Crippen LogP contribution in [0.3, 0.4) is 0 Å². The minimum atomic E-state index is 0.187. The van der Waals surface area contributed by atoms with Gasteiger partial charge in [-0.2, -0.15) is 15.0 Å². The molecule has 0 bridgehead atoms. The first-order valence-corrected chi connectivity index (χ1v) is 7.29. The van der Waals surface area contributed by atoms with E-state index in [2.05, 4.69) is 32.2 Å². The molecule has 20 heavy (non-hydrogen) atoms. The second-order valence-corrected chi connectivity index (χ2v) is 5.46. The van der Waals surface area contributed by atoms with Crippen LogP contribution in [0.15, 0.2) is 18.7 Å². The monoisotopic (exact) mass is 292 g/mol. The molecule has 2 aromatic rings. The lowest BCUT2D eigenvalue weighted by molar-refractivity contribution is 0.582. The average Bonchev–Trinajstić information content (AvgIpc) is 3.07. The standard InChI is InChI=1S/C13H17ClN6/c1-2-10(7-9-3-4-9)16-12-17-11(14)18-13(19-12)20-6-5-15-8-20/h5-6,8-10H,2-4,7H2,1H3,(H,16,17,18,19). The Kier molecular flexibility index (Phi) is 3.82. The lowest BCUT2D eigenvalue weighted by atomic mass is 10.1. The molecule has 2 aromatic heterocycles. The normalized spacial score (nSPS) is 16.1. The number of rotatable bonds is 6. The van der Waals surface area contributed by atoms with Gasteiger partial charge in [0.05, 0.1) is 0 Å². The summed E-state index contributed by atoms with van der Waals surface area (Å²) in [6, 6.07) is 0.386. The van der Waals surface area contributed by atoms with Gasteiger partial charge < -0.3 is 5.32 Å². The predicted octanol–water partition coefficient (Wildman–Crippen LogP) is 2.70. The van der Waals surface area contributed by atoms with Crippen molar-refractivity contribution in [1.82, 2.24) is 24.5 Å². The van der Waals surface area contributed by atoms with Crippen LogP contribution >= 0.6 is 11.6 Å². The highest BCUT2D eigenvalue weighted by molar-refractivity contribution is 6.28. The maximum atomic E-state index is 5.98. The smallest absolute Gasteiger partial charge is 0.241 e. The Morgan fingerprint density at radius 2 is 2.25 bits per heavy atom. The van der Waals surface area contributed by atoms with Gasteiger partial charge in [0.15, 0.2) is 0 Å². The molecule has 1 fully saturated rings. The highest BCUT2D eigenvalue weighted by Gasteiger charge is 2.25. The summed E-state index contributed by atoms with van der Waals surface area (Å²) in [5, 5.41) is 3.55. The molecule has 2 heterocycles. The number of anilines is 1. The van der Waals surface area contributed by atoms with Crippen molar-refractivity contribution < 1.29 is 0 Å². The number of nitrogens with one attached hydrogen (secondary N) is 1. The predicted molar refractivity (Wildman–Crippen MR) is 77.0 cm³/mol. The van der Waals surface area contributed by atoms with Crippen LogP contribution in [0.1, 0.15) is 32.6 Å². The van der Waals surface area contributed by atoms with E-state index < -0.39 is 0 Å². The Bertz CT molecular complexity index is 566. The van der Waals surface area contributed by atoms with E-state index in [0.717, 1.165) is 12.3 Å². The largest absolute Gasteiger partial charge is 0.351 e. The number of hydrogen-bond donors (Lipinski definition) is 1. The van der Waals surface area contributed by atoms with E-state index in [0.29, 0.717) is 17.9 Å². The number of halogens is 1. The molecule has 0 radical (unpaired) electrons. The second-order valence-electron chi connectivity index (χ2n) is 5.13. The minimum Gasteiger partial charge on any atom is -0.351 e. The second kappa shape index (κ2) is 5.75. The molecule has 1 N–H and O–H groups in total. The number of nitrogens with zero attached hydrogens (tertiary/aromatic N) is 5. The molecule has 3 rings (SSSR count). The Morgan fingerprint density at radius 3 is 2.90 bits per heavy atom. The Hall–Kier alpha value is -1.69. The topological polar surface area (TPSA) is 68.5 Å². The summed E-state index contributed by atoms with van der Waals surface area (Å²) in [5.41, 5.74) is 0. The zero-order chi connectivity index (χ0) is 13.9. The summed E-state index contributed by atoms with van der Waals surface area (Å²) in [7, 11) is 0. The average molecular weight is 293 g/mol. The van der Waals surface area contributed by atoms with Crippen molar-refractivity contribution in [2.24, 2.45) is 5.92 Å². The van der Waals surface area contributed by atoms with Gasteiger partial charge in [0.1, 0.15) is 6.33 Å². The van der Waals surface area contributed by atoms with E-state index in [1.165, 1.54) is 19.3 Å². The van der Waals surface area contributed by atoms with Crippen LogP contribution in [0.5, 0.6) is 0 Å². The summed E-state index contributed by atoms with van der Waals surface area (Å²) in [6.07, 6.45) is 9.98. The van der Waals surface area contributed by atoms with Crippen molar-refractivity contribution in [2.45, 2.75) is 38.6 Å². The molecule has 1 aliphatic carbocycles. The summed E-state index contributed by atoms with van der Waals surface area (Å²) in [6.45, 7) is 2.17. The van der Waals surface area contributed by atoms with Crippen molar-refractivity contribution in [3.8, 4) is 5.95 Å². The zero-order valence-electron chi connectivity index (χ0n) is 11.3.